The van der Waals surface area contributed by atoms with Crippen molar-refractivity contribution in [2.24, 2.45) is 5.73 Å². The minimum absolute atomic E-state index is 0.335. The molecule has 1 heterocycles. The summed E-state index contributed by atoms with van der Waals surface area (Å²) in [6, 6.07) is 1.63. The molecule has 0 aliphatic rings. The topological polar surface area (TPSA) is 60.2 Å². The Balaban J connectivity index is 2.95. The number of hydrogen-bond donors (Lipinski definition) is 1. The van der Waals surface area contributed by atoms with Gasteiger partial charge in [0.25, 0.3) is 5.91 Å². The van der Waals surface area contributed by atoms with Crippen molar-refractivity contribution in [3.63, 3.8) is 0 Å². The van der Waals surface area contributed by atoms with Crippen molar-refractivity contribution in [1.29, 1.82) is 0 Å². The third kappa shape index (κ3) is 2.79. The fourth-order valence-corrected chi connectivity index (χ4v) is 3.17. The van der Waals surface area contributed by atoms with Crippen molar-refractivity contribution < 1.29 is 9.00 Å². The Morgan fingerprint density at radius 1 is 1.77 bits per heavy atom. The maximum Gasteiger partial charge on any atom is 0.260 e. The first-order valence-electron chi connectivity index (χ1n) is 3.38. The molecule has 1 aromatic rings. The van der Waals surface area contributed by atoms with Crippen LogP contribution in [0, 0.1) is 0 Å². The Morgan fingerprint density at radius 3 is 2.77 bits per heavy atom. The van der Waals surface area contributed by atoms with Crippen LogP contribution < -0.4 is 5.73 Å². The van der Waals surface area contributed by atoms with Gasteiger partial charge in [0, 0.05) is 21.9 Å². The van der Waals surface area contributed by atoms with Crippen molar-refractivity contribution in [2.45, 2.75) is 5.75 Å². The van der Waals surface area contributed by atoms with E-state index in [-0.39, 0.29) is 0 Å². The van der Waals surface area contributed by atoms with Crippen molar-refractivity contribution in [3.05, 3.63) is 20.8 Å². The highest BCUT2D eigenvalue weighted by Crippen LogP contribution is 2.27. The molecule has 13 heavy (non-hydrogen) atoms. The third-order valence-corrected chi connectivity index (χ3v) is 3.77. The lowest BCUT2D eigenvalue weighted by molar-refractivity contribution is 0.100. The van der Waals surface area contributed by atoms with Crippen LogP contribution in [0.25, 0.3) is 0 Å². The summed E-state index contributed by atoms with van der Waals surface area (Å²) in [5.41, 5.74) is 5.07. The van der Waals surface area contributed by atoms with Gasteiger partial charge in [-0.25, -0.2) is 0 Å². The molecular weight excluding hydrogens is 230 g/mol. The summed E-state index contributed by atoms with van der Waals surface area (Å²) < 4.78 is 10.9. The number of nitrogens with two attached hydrogens (primary N) is 1. The molecule has 0 radical (unpaired) electrons. The summed E-state index contributed by atoms with van der Waals surface area (Å²) in [4.78, 5) is 11.9. The van der Waals surface area contributed by atoms with Gasteiger partial charge in [-0.1, -0.05) is 11.6 Å². The SMILES string of the molecule is CS(=O)Cc1cc(Cl)c(C(N)=O)s1. The zero-order valence-electron chi connectivity index (χ0n) is 6.87. The molecule has 1 unspecified atom stereocenters. The molecule has 0 spiro atoms. The van der Waals surface area contributed by atoms with Gasteiger partial charge in [0.05, 0.1) is 10.8 Å². The van der Waals surface area contributed by atoms with Crippen molar-refractivity contribution in [2.75, 3.05) is 6.26 Å². The lowest BCUT2D eigenvalue weighted by Gasteiger charge is -1.89. The van der Waals surface area contributed by atoms with Gasteiger partial charge < -0.3 is 5.73 Å². The Morgan fingerprint density at radius 2 is 2.38 bits per heavy atom. The Labute approximate surface area is 87.3 Å². The highest BCUT2D eigenvalue weighted by atomic mass is 35.5. The van der Waals surface area contributed by atoms with Crippen LogP contribution in [-0.2, 0) is 16.6 Å². The average molecular weight is 238 g/mol. The molecule has 0 aromatic carbocycles. The summed E-state index contributed by atoms with van der Waals surface area (Å²) in [6.45, 7) is 0. The maximum atomic E-state index is 10.9. The minimum atomic E-state index is -0.925. The summed E-state index contributed by atoms with van der Waals surface area (Å²) in [5.74, 6) is -0.124. The van der Waals surface area contributed by atoms with Crippen LogP contribution in [0.2, 0.25) is 5.02 Å². The average Bonchev–Trinajstić information content (AvgIpc) is 2.29. The Hall–Kier alpha value is -0.390. The van der Waals surface area contributed by atoms with Crippen molar-refractivity contribution in [3.8, 4) is 0 Å². The van der Waals surface area contributed by atoms with Crippen LogP contribution >= 0.6 is 22.9 Å². The highest BCUT2D eigenvalue weighted by Gasteiger charge is 2.12. The first-order valence-corrected chi connectivity index (χ1v) is 6.31. The number of amides is 1. The molecule has 0 aliphatic carbocycles. The molecule has 1 rings (SSSR count). The van der Waals surface area contributed by atoms with E-state index in [1.54, 1.807) is 12.3 Å². The quantitative estimate of drug-likeness (QED) is 0.864. The van der Waals surface area contributed by atoms with E-state index >= 15 is 0 Å². The van der Waals surface area contributed by atoms with E-state index in [1.165, 1.54) is 11.3 Å². The van der Waals surface area contributed by atoms with E-state index in [4.69, 9.17) is 17.3 Å². The Bertz CT molecular complexity index is 361. The first kappa shape index (κ1) is 10.7. The van der Waals surface area contributed by atoms with Crippen LogP contribution in [-0.4, -0.2) is 16.4 Å². The molecule has 3 nitrogen and oxygen atoms in total. The van der Waals surface area contributed by atoms with E-state index in [2.05, 4.69) is 0 Å². The predicted octanol–water partition coefficient (Wildman–Crippen LogP) is 1.38. The van der Waals surface area contributed by atoms with E-state index < -0.39 is 16.7 Å². The maximum absolute atomic E-state index is 10.9. The van der Waals surface area contributed by atoms with Gasteiger partial charge in [0.15, 0.2) is 0 Å². The van der Waals surface area contributed by atoms with Crippen LogP contribution in [0.5, 0.6) is 0 Å². The number of hydrogen-bond acceptors (Lipinski definition) is 3. The van der Waals surface area contributed by atoms with Crippen LogP contribution in [0.3, 0.4) is 0 Å². The van der Waals surface area contributed by atoms with Gasteiger partial charge in [-0.05, 0) is 6.07 Å². The minimum Gasteiger partial charge on any atom is -0.365 e. The molecule has 72 valence electrons. The number of primary amides is 1. The molecule has 1 atom stereocenters. The lowest BCUT2D eigenvalue weighted by atomic mass is 10.4. The number of thiophene rings is 1. The van der Waals surface area contributed by atoms with Gasteiger partial charge in [0.2, 0.25) is 0 Å². The number of rotatable bonds is 3. The van der Waals surface area contributed by atoms with Gasteiger partial charge in [-0.3, -0.25) is 9.00 Å². The van der Waals surface area contributed by atoms with E-state index in [0.717, 1.165) is 4.88 Å². The molecule has 0 aliphatic heterocycles. The predicted molar refractivity (Wildman–Crippen MR) is 55.6 cm³/mol. The standard InChI is InChI=1S/C7H8ClNO2S2/c1-13(11)3-4-2-5(8)6(12-4)7(9)10/h2H,3H2,1H3,(H2,9,10). The fourth-order valence-electron chi connectivity index (χ4n) is 0.856. The smallest absolute Gasteiger partial charge is 0.260 e. The number of halogens is 1. The summed E-state index contributed by atoms with van der Waals surface area (Å²) in [5, 5.41) is 0.345. The molecule has 0 saturated heterocycles. The largest absolute Gasteiger partial charge is 0.365 e. The normalized spacial score (nSPS) is 12.8. The van der Waals surface area contributed by atoms with Crippen molar-refractivity contribution >= 4 is 39.6 Å². The molecule has 2 N–H and O–H groups in total. The molecule has 6 heteroatoms. The first-order chi connectivity index (χ1) is 6.00. The van der Waals surface area contributed by atoms with Gasteiger partial charge >= 0.3 is 0 Å². The summed E-state index contributed by atoms with van der Waals surface area (Å²) in [7, 11) is -0.925. The second-order valence-corrected chi connectivity index (χ2v) is 5.45. The zero-order valence-corrected chi connectivity index (χ0v) is 9.26. The van der Waals surface area contributed by atoms with E-state index in [9.17, 15) is 9.00 Å². The lowest BCUT2D eigenvalue weighted by Crippen LogP contribution is -2.08. The molecular formula is C7H8ClNO2S2. The fraction of sp³-hybridized carbons (Fsp3) is 0.286. The van der Waals surface area contributed by atoms with Crippen LogP contribution in [0.15, 0.2) is 6.07 Å². The molecule has 0 bridgehead atoms. The molecule has 0 fully saturated rings. The van der Waals surface area contributed by atoms with E-state index in [1.807, 2.05) is 0 Å². The second kappa shape index (κ2) is 4.21. The van der Waals surface area contributed by atoms with E-state index in [0.29, 0.717) is 15.7 Å². The molecule has 1 aromatic heterocycles. The third-order valence-electron chi connectivity index (χ3n) is 1.31. The zero-order chi connectivity index (χ0) is 10.0. The van der Waals surface area contributed by atoms with Gasteiger partial charge in [-0.2, -0.15) is 0 Å². The van der Waals surface area contributed by atoms with Gasteiger partial charge in [-0.15, -0.1) is 11.3 Å². The number of carbonyl (C=O) groups excluding carboxylic acids is 1. The monoisotopic (exact) mass is 237 g/mol. The summed E-state index contributed by atoms with van der Waals surface area (Å²) in [6.07, 6.45) is 1.59. The highest BCUT2D eigenvalue weighted by molar-refractivity contribution is 7.83. The van der Waals surface area contributed by atoms with Gasteiger partial charge in [0.1, 0.15) is 4.88 Å². The number of carbonyl (C=O) groups is 1. The van der Waals surface area contributed by atoms with Crippen LogP contribution in [0.1, 0.15) is 14.5 Å². The second-order valence-electron chi connectivity index (χ2n) is 2.47. The van der Waals surface area contributed by atoms with Crippen LogP contribution in [0.4, 0.5) is 0 Å². The Kier molecular flexibility index (Phi) is 3.47. The molecule has 1 amide bonds. The summed E-state index contributed by atoms with van der Waals surface area (Å²) >= 11 is 6.93. The van der Waals surface area contributed by atoms with Crippen molar-refractivity contribution in [1.82, 2.24) is 0 Å². The molecule has 0 saturated carbocycles.